The molecule has 0 bridgehead atoms. The Kier molecular flexibility index (Phi) is 3.91. The Labute approximate surface area is 135 Å². The molecule has 1 aromatic rings. The van der Waals surface area contributed by atoms with Crippen LogP contribution in [0, 0.1) is 0 Å². The van der Waals surface area contributed by atoms with Crippen LogP contribution in [-0.4, -0.2) is 39.7 Å². The molecule has 0 aliphatic heterocycles. The predicted molar refractivity (Wildman–Crippen MR) is 71.4 cm³/mol. The van der Waals surface area contributed by atoms with Crippen LogP contribution in [-0.2, 0) is 10.8 Å². The fraction of sp³-hybridized carbons (Fsp3) is 0.571. The van der Waals surface area contributed by atoms with E-state index in [1.807, 2.05) is 0 Å². The molecule has 24 heavy (non-hydrogen) atoms. The minimum atomic E-state index is -4.44. The van der Waals surface area contributed by atoms with Crippen molar-refractivity contribution >= 4 is 10.8 Å². The van der Waals surface area contributed by atoms with E-state index in [0.717, 1.165) is 12.1 Å². The quantitative estimate of drug-likeness (QED) is 0.827. The summed E-state index contributed by atoms with van der Waals surface area (Å²) in [6, 6.07) is 2.08. The molecule has 1 aromatic carbocycles. The number of ether oxygens (including phenoxy) is 1. The minimum Gasteiger partial charge on any atom is -0.483 e. The summed E-state index contributed by atoms with van der Waals surface area (Å²) in [5, 5.41) is 9.79. The lowest BCUT2D eigenvalue weighted by Gasteiger charge is -2.43. The van der Waals surface area contributed by atoms with Gasteiger partial charge < -0.3 is 9.84 Å². The first-order valence-electron chi connectivity index (χ1n) is 6.87. The lowest BCUT2D eigenvalue weighted by Crippen LogP contribution is -2.64. The van der Waals surface area contributed by atoms with Crippen molar-refractivity contribution in [3.05, 3.63) is 23.3 Å². The van der Waals surface area contributed by atoms with Gasteiger partial charge in [-0.1, -0.05) is 0 Å². The van der Waals surface area contributed by atoms with Crippen molar-refractivity contribution in [1.29, 1.82) is 0 Å². The van der Waals surface area contributed by atoms with Crippen LogP contribution in [0.1, 0.15) is 29.8 Å². The van der Waals surface area contributed by atoms with E-state index < -0.39 is 64.9 Å². The molecule has 0 heterocycles. The molecule has 0 amide bonds. The first kappa shape index (κ1) is 17.5. The number of hydrogen-bond donors (Lipinski definition) is 1. The monoisotopic (exact) mass is 374 g/mol. The van der Waals surface area contributed by atoms with Gasteiger partial charge in [-0.3, -0.25) is 4.21 Å². The highest BCUT2D eigenvalue weighted by atomic mass is 32.2. The maximum Gasteiger partial charge on any atom is 0.346 e. The summed E-state index contributed by atoms with van der Waals surface area (Å²) >= 11 is 0. The van der Waals surface area contributed by atoms with Crippen LogP contribution in [0.15, 0.2) is 17.0 Å². The molecule has 3 rings (SSSR count). The van der Waals surface area contributed by atoms with Gasteiger partial charge in [-0.2, -0.15) is 17.6 Å². The maximum atomic E-state index is 14.1. The van der Waals surface area contributed by atoms with Gasteiger partial charge in [-0.05, 0) is 12.1 Å². The Morgan fingerprint density at radius 1 is 1.21 bits per heavy atom. The van der Waals surface area contributed by atoms with Gasteiger partial charge in [-0.25, -0.2) is 8.78 Å². The second-order valence-corrected chi connectivity index (χ2v) is 7.12. The highest BCUT2D eigenvalue weighted by Gasteiger charge is 2.73. The van der Waals surface area contributed by atoms with E-state index >= 15 is 0 Å². The van der Waals surface area contributed by atoms with Crippen LogP contribution in [0.25, 0.3) is 0 Å². The zero-order valence-corrected chi connectivity index (χ0v) is 12.9. The molecule has 0 aromatic heterocycles. The molecule has 2 aliphatic rings. The van der Waals surface area contributed by atoms with Crippen LogP contribution < -0.4 is 4.74 Å². The van der Waals surface area contributed by atoms with Crippen LogP contribution in [0.3, 0.4) is 0 Å². The molecule has 2 aliphatic carbocycles. The fourth-order valence-corrected chi connectivity index (χ4v) is 3.69. The Balaban J connectivity index is 2.02. The number of fused-ring (bicyclic) bond motifs is 1. The number of aliphatic hydroxyl groups is 1. The Morgan fingerprint density at radius 3 is 2.33 bits per heavy atom. The maximum absolute atomic E-state index is 14.1. The van der Waals surface area contributed by atoms with E-state index in [0.29, 0.717) is 0 Å². The van der Waals surface area contributed by atoms with Gasteiger partial charge in [0.1, 0.15) is 11.9 Å². The average Bonchev–Trinajstić information content (AvgIpc) is 2.72. The molecule has 3 nitrogen and oxygen atoms in total. The van der Waals surface area contributed by atoms with Crippen molar-refractivity contribution in [2.75, 3.05) is 6.26 Å². The minimum absolute atomic E-state index is 0.0710. The molecule has 1 N–H and O–H groups in total. The number of hydrogen-bond acceptors (Lipinski definition) is 3. The van der Waals surface area contributed by atoms with Crippen molar-refractivity contribution in [3.8, 4) is 5.75 Å². The third-order valence-electron chi connectivity index (χ3n) is 4.27. The van der Waals surface area contributed by atoms with E-state index in [4.69, 9.17) is 4.74 Å². The molecule has 0 radical (unpaired) electrons. The van der Waals surface area contributed by atoms with E-state index in [2.05, 4.69) is 0 Å². The lowest BCUT2D eigenvalue weighted by molar-refractivity contribution is -0.324. The van der Waals surface area contributed by atoms with Gasteiger partial charge in [0.15, 0.2) is 18.4 Å². The van der Waals surface area contributed by atoms with Crippen molar-refractivity contribution < 1.29 is 40.4 Å². The number of benzene rings is 1. The van der Waals surface area contributed by atoms with E-state index in [1.165, 1.54) is 6.26 Å². The summed E-state index contributed by atoms with van der Waals surface area (Å²) in [6.45, 7) is 0. The van der Waals surface area contributed by atoms with E-state index in [1.54, 1.807) is 0 Å². The summed E-state index contributed by atoms with van der Waals surface area (Å²) < 4.78 is 96.8. The summed E-state index contributed by atoms with van der Waals surface area (Å²) in [7, 11) is -1.71. The van der Waals surface area contributed by atoms with Crippen LogP contribution in [0.4, 0.5) is 26.3 Å². The highest BCUT2D eigenvalue weighted by molar-refractivity contribution is 7.84. The molecule has 1 fully saturated rings. The highest BCUT2D eigenvalue weighted by Crippen LogP contribution is 2.55. The third-order valence-corrected chi connectivity index (χ3v) is 5.25. The standard InChI is InChI=1S/C14H12F6O3S/c1-24(22)6-3-2-5(8-9(6)12(21)11(16)10(8)15)23-7-4-13(17,18)14(7,19)20/h2-3,7,10-12,21H,4H2,1H3/t7?,10-,11-,12+,24?/m1/s1. The summed E-state index contributed by atoms with van der Waals surface area (Å²) in [6.07, 6.45) is -8.99. The van der Waals surface area contributed by atoms with Crippen molar-refractivity contribution in [1.82, 2.24) is 0 Å². The van der Waals surface area contributed by atoms with Gasteiger partial charge in [-0.15, -0.1) is 0 Å². The van der Waals surface area contributed by atoms with Gasteiger partial charge in [0.25, 0.3) is 0 Å². The summed E-state index contributed by atoms with van der Waals surface area (Å²) in [5.74, 6) is -9.24. The summed E-state index contributed by atoms with van der Waals surface area (Å²) in [5.41, 5.74) is -0.906. The first-order chi connectivity index (χ1) is 11.0. The van der Waals surface area contributed by atoms with Gasteiger partial charge >= 0.3 is 11.8 Å². The van der Waals surface area contributed by atoms with Gasteiger partial charge in [0, 0.05) is 22.3 Å². The van der Waals surface area contributed by atoms with Crippen molar-refractivity contribution in [3.63, 3.8) is 0 Å². The molecule has 0 spiro atoms. The topological polar surface area (TPSA) is 46.5 Å². The molecular formula is C14H12F6O3S. The summed E-state index contributed by atoms with van der Waals surface area (Å²) in [4.78, 5) is -0.0710. The lowest BCUT2D eigenvalue weighted by atomic mass is 9.85. The molecule has 2 unspecified atom stereocenters. The second-order valence-electron chi connectivity index (χ2n) is 5.77. The molecule has 5 atom stereocenters. The smallest absolute Gasteiger partial charge is 0.346 e. The van der Waals surface area contributed by atoms with E-state index in [9.17, 15) is 35.7 Å². The van der Waals surface area contributed by atoms with Crippen LogP contribution in [0.2, 0.25) is 0 Å². The second kappa shape index (κ2) is 5.35. The van der Waals surface area contributed by atoms with Crippen molar-refractivity contribution in [2.24, 2.45) is 0 Å². The van der Waals surface area contributed by atoms with Crippen molar-refractivity contribution in [2.45, 2.75) is 47.7 Å². The molecule has 0 saturated heterocycles. The van der Waals surface area contributed by atoms with E-state index in [-0.39, 0.29) is 10.5 Å². The normalized spacial score (nSPS) is 34.3. The molecular weight excluding hydrogens is 362 g/mol. The zero-order valence-electron chi connectivity index (χ0n) is 12.1. The fourth-order valence-electron chi connectivity index (χ4n) is 2.89. The number of halogens is 6. The Hall–Kier alpha value is -1.29. The number of aliphatic hydroxyl groups excluding tert-OH is 1. The number of alkyl halides is 6. The predicted octanol–water partition coefficient (Wildman–Crippen LogP) is 3.24. The zero-order chi connectivity index (χ0) is 18.0. The van der Waals surface area contributed by atoms with Gasteiger partial charge in [0.2, 0.25) is 0 Å². The SMILES string of the molecule is CS(=O)c1ccc(OC2CC(F)(F)C2(F)F)c2c1[C@H](O)[C@H](F)[C@@H]2F. The largest absolute Gasteiger partial charge is 0.483 e. The van der Waals surface area contributed by atoms with Gasteiger partial charge in [0.05, 0.1) is 17.2 Å². The number of rotatable bonds is 3. The first-order valence-corrected chi connectivity index (χ1v) is 8.43. The Bertz CT molecular complexity index is 710. The third kappa shape index (κ3) is 2.26. The van der Waals surface area contributed by atoms with Crippen LogP contribution in [0.5, 0.6) is 5.75 Å². The van der Waals surface area contributed by atoms with Crippen LogP contribution >= 0.6 is 0 Å². The molecule has 134 valence electrons. The molecule has 1 saturated carbocycles. The average molecular weight is 374 g/mol. The molecule has 10 heteroatoms. The Morgan fingerprint density at radius 2 is 1.83 bits per heavy atom.